The lowest BCUT2D eigenvalue weighted by Gasteiger charge is -2.23. The predicted molar refractivity (Wildman–Crippen MR) is 99.0 cm³/mol. The molecule has 1 rings (SSSR count). The van der Waals surface area contributed by atoms with Crippen molar-refractivity contribution >= 4 is 6.09 Å². The summed E-state index contributed by atoms with van der Waals surface area (Å²) in [7, 11) is 3.22. The Bertz CT molecular complexity index is 566. The number of amides is 1. The van der Waals surface area contributed by atoms with Gasteiger partial charge in [-0.1, -0.05) is 42.0 Å². The number of nitrogens with zero attached hydrogens (tertiary/aromatic N) is 1. The van der Waals surface area contributed by atoms with E-state index in [-0.39, 0.29) is 12.5 Å². The molecule has 0 heterocycles. The fraction of sp³-hybridized carbons (Fsp3) is 0.450. The minimum absolute atomic E-state index is 0.0115. The summed E-state index contributed by atoms with van der Waals surface area (Å²) in [4.78, 5) is 12.6. The molecule has 5 heteroatoms. The number of carbonyl (C=O) groups is 1. The maximum atomic E-state index is 11.3. The molecule has 0 aliphatic rings. The number of aryl methyl sites for hydroxylation is 1. The average molecular weight is 347 g/mol. The molecule has 2 N–H and O–H groups in total. The van der Waals surface area contributed by atoms with Gasteiger partial charge >= 0.3 is 6.09 Å². The maximum absolute atomic E-state index is 11.3. The SMILES string of the molecule is C/C(=C/C=C/OC(=O)N(C)C)[C@@H](CCO)[C@@H](O)CCc1ccccc1. The van der Waals surface area contributed by atoms with Crippen LogP contribution < -0.4 is 0 Å². The molecule has 1 aromatic rings. The molecular formula is C20H29NO4. The third-order valence-corrected chi connectivity index (χ3v) is 4.03. The second-order valence-electron chi connectivity index (χ2n) is 6.23. The van der Waals surface area contributed by atoms with Crippen LogP contribution in [0, 0.1) is 5.92 Å². The van der Waals surface area contributed by atoms with E-state index in [1.807, 2.05) is 37.3 Å². The zero-order valence-electron chi connectivity index (χ0n) is 15.3. The molecule has 5 nitrogen and oxygen atoms in total. The minimum Gasteiger partial charge on any atom is -0.418 e. The highest BCUT2D eigenvalue weighted by atomic mass is 16.5. The summed E-state index contributed by atoms with van der Waals surface area (Å²) in [6, 6.07) is 10.0. The number of rotatable bonds is 9. The summed E-state index contributed by atoms with van der Waals surface area (Å²) in [5, 5.41) is 19.8. The van der Waals surface area contributed by atoms with Crippen molar-refractivity contribution in [2.45, 2.75) is 32.3 Å². The van der Waals surface area contributed by atoms with Crippen molar-refractivity contribution in [3.05, 3.63) is 59.9 Å². The van der Waals surface area contributed by atoms with E-state index in [2.05, 4.69) is 0 Å². The number of hydrogen-bond acceptors (Lipinski definition) is 4. The zero-order valence-corrected chi connectivity index (χ0v) is 15.3. The monoisotopic (exact) mass is 347 g/mol. The van der Waals surface area contributed by atoms with Crippen LogP contribution in [0.1, 0.15) is 25.3 Å². The summed E-state index contributed by atoms with van der Waals surface area (Å²) in [6.07, 6.45) is 5.66. The van der Waals surface area contributed by atoms with E-state index < -0.39 is 12.2 Å². The van der Waals surface area contributed by atoms with Crippen molar-refractivity contribution in [2.75, 3.05) is 20.7 Å². The molecule has 0 saturated carbocycles. The first-order valence-electron chi connectivity index (χ1n) is 8.49. The van der Waals surface area contributed by atoms with Gasteiger partial charge in [-0.15, -0.1) is 0 Å². The number of aliphatic hydroxyl groups is 2. The lowest BCUT2D eigenvalue weighted by molar-refractivity contribution is 0.0992. The lowest BCUT2D eigenvalue weighted by atomic mass is 9.88. The van der Waals surface area contributed by atoms with Crippen molar-refractivity contribution in [1.29, 1.82) is 0 Å². The summed E-state index contributed by atoms with van der Waals surface area (Å²) < 4.78 is 4.91. The molecule has 25 heavy (non-hydrogen) atoms. The number of hydrogen-bond donors (Lipinski definition) is 2. The smallest absolute Gasteiger partial charge is 0.414 e. The quantitative estimate of drug-likeness (QED) is 0.532. The summed E-state index contributed by atoms with van der Waals surface area (Å²) in [5.74, 6) is -0.136. The van der Waals surface area contributed by atoms with Gasteiger partial charge < -0.3 is 19.8 Å². The van der Waals surface area contributed by atoms with Crippen molar-refractivity contribution < 1.29 is 19.7 Å². The molecule has 0 bridgehead atoms. The van der Waals surface area contributed by atoms with Crippen LogP contribution >= 0.6 is 0 Å². The van der Waals surface area contributed by atoms with Crippen LogP contribution in [0.4, 0.5) is 4.79 Å². The predicted octanol–water partition coefficient (Wildman–Crippen LogP) is 3.14. The second-order valence-corrected chi connectivity index (χ2v) is 6.23. The van der Waals surface area contributed by atoms with Gasteiger partial charge in [0.1, 0.15) is 0 Å². The van der Waals surface area contributed by atoms with E-state index in [1.165, 1.54) is 16.7 Å². The Morgan fingerprint density at radius 1 is 1.24 bits per heavy atom. The summed E-state index contributed by atoms with van der Waals surface area (Å²) >= 11 is 0. The van der Waals surface area contributed by atoms with E-state index in [4.69, 9.17) is 4.74 Å². The van der Waals surface area contributed by atoms with Crippen molar-refractivity contribution in [1.82, 2.24) is 4.90 Å². The largest absolute Gasteiger partial charge is 0.418 e. The number of allylic oxidation sites excluding steroid dienone is 2. The first kappa shape index (κ1) is 20.9. The summed E-state index contributed by atoms with van der Waals surface area (Å²) in [5.41, 5.74) is 2.12. The Morgan fingerprint density at radius 2 is 1.92 bits per heavy atom. The Labute approximate surface area is 150 Å². The lowest BCUT2D eigenvalue weighted by Crippen LogP contribution is -2.23. The minimum atomic E-state index is -0.540. The Hall–Kier alpha value is -2.11. The number of ether oxygens (including phenoxy) is 1. The van der Waals surface area contributed by atoms with E-state index in [9.17, 15) is 15.0 Å². The molecule has 0 unspecified atom stereocenters. The van der Waals surface area contributed by atoms with E-state index in [0.29, 0.717) is 12.8 Å². The Morgan fingerprint density at radius 3 is 2.52 bits per heavy atom. The second kappa shape index (κ2) is 11.4. The number of aliphatic hydroxyl groups excluding tert-OH is 2. The first-order valence-corrected chi connectivity index (χ1v) is 8.49. The molecule has 0 aromatic heterocycles. The Kier molecular flexibility index (Phi) is 9.58. The maximum Gasteiger partial charge on any atom is 0.414 e. The van der Waals surface area contributed by atoms with Crippen molar-refractivity contribution in [3.63, 3.8) is 0 Å². The molecular weight excluding hydrogens is 318 g/mol. The van der Waals surface area contributed by atoms with E-state index in [0.717, 1.165) is 12.0 Å². The molecule has 1 aromatic carbocycles. The van der Waals surface area contributed by atoms with Crippen LogP contribution in [0.5, 0.6) is 0 Å². The highest BCUT2D eigenvalue weighted by Crippen LogP contribution is 2.22. The van der Waals surface area contributed by atoms with Crippen LogP contribution in [-0.2, 0) is 11.2 Å². The molecule has 0 aliphatic heterocycles. The van der Waals surface area contributed by atoms with Gasteiger partial charge in [-0.3, -0.25) is 0 Å². The Balaban J connectivity index is 2.61. The normalized spacial score (nSPS) is 14.4. The zero-order chi connectivity index (χ0) is 18.7. The molecule has 138 valence electrons. The van der Waals surface area contributed by atoms with E-state index in [1.54, 1.807) is 26.2 Å². The van der Waals surface area contributed by atoms with Gasteiger partial charge in [0.25, 0.3) is 0 Å². The molecule has 0 spiro atoms. The van der Waals surface area contributed by atoms with Crippen LogP contribution in [0.3, 0.4) is 0 Å². The highest BCUT2D eigenvalue weighted by Gasteiger charge is 2.20. The molecule has 0 fully saturated rings. The molecule has 0 aliphatic carbocycles. The van der Waals surface area contributed by atoms with Gasteiger partial charge in [-0.25, -0.2) is 4.79 Å². The van der Waals surface area contributed by atoms with Gasteiger partial charge in [0, 0.05) is 26.6 Å². The fourth-order valence-corrected chi connectivity index (χ4v) is 2.54. The summed E-state index contributed by atoms with van der Waals surface area (Å²) in [6.45, 7) is 1.92. The van der Waals surface area contributed by atoms with Gasteiger partial charge in [-0.2, -0.15) is 0 Å². The van der Waals surface area contributed by atoms with Gasteiger partial charge in [0.15, 0.2) is 0 Å². The highest BCUT2D eigenvalue weighted by molar-refractivity contribution is 5.67. The third kappa shape index (κ3) is 8.01. The van der Waals surface area contributed by atoms with Gasteiger partial charge in [0.2, 0.25) is 0 Å². The standard InChI is InChI=1S/C20H29NO4/c1-16(8-7-15-25-20(24)21(2)3)18(13-14-22)19(23)12-11-17-9-5-4-6-10-17/h4-10,15,18-19,22-23H,11-14H2,1-3H3/b15-7+,16-8-/t18-,19+/m1/s1. The topological polar surface area (TPSA) is 70.0 Å². The average Bonchev–Trinajstić information content (AvgIpc) is 2.61. The molecule has 1 amide bonds. The molecule has 0 radical (unpaired) electrons. The fourth-order valence-electron chi connectivity index (χ4n) is 2.54. The number of carbonyl (C=O) groups excluding carboxylic acids is 1. The van der Waals surface area contributed by atoms with E-state index >= 15 is 0 Å². The van der Waals surface area contributed by atoms with Crippen LogP contribution in [0.25, 0.3) is 0 Å². The van der Waals surface area contributed by atoms with Crippen LogP contribution in [-0.4, -0.2) is 48.0 Å². The third-order valence-electron chi connectivity index (χ3n) is 4.03. The number of benzene rings is 1. The van der Waals surface area contributed by atoms with Crippen molar-refractivity contribution in [3.8, 4) is 0 Å². The molecule has 2 atom stereocenters. The van der Waals surface area contributed by atoms with Crippen LogP contribution in [0.2, 0.25) is 0 Å². The first-order chi connectivity index (χ1) is 12.0. The van der Waals surface area contributed by atoms with Crippen LogP contribution in [0.15, 0.2) is 54.3 Å². The van der Waals surface area contributed by atoms with Gasteiger partial charge in [-0.05, 0) is 37.8 Å². The van der Waals surface area contributed by atoms with Gasteiger partial charge in [0.05, 0.1) is 12.4 Å². The van der Waals surface area contributed by atoms with Crippen molar-refractivity contribution in [2.24, 2.45) is 5.92 Å². The molecule has 0 saturated heterocycles.